The fraction of sp³-hybridized carbons (Fsp3) is 0. The molecule has 4 heterocycles. The van der Waals surface area contributed by atoms with Gasteiger partial charge in [0.25, 0.3) is 0 Å². The van der Waals surface area contributed by atoms with Crippen LogP contribution in [0.3, 0.4) is 0 Å². The van der Waals surface area contributed by atoms with Gasteiger partial charge in [0.15, 0.2) is 5.82 Å². The lowest BCUT2D eigenvalue weighted by Gasteiger charge is -2.21. The van der Waals surface area contributed by atoms with Crippen LogP contribution in [0, 0.1) is 0 Å². The van der Waals surface area contributed by atoms with E-state index in [9.17, 15) is 0 Å². The Morgan fingerprint density at radius 3 is 1.46 bits per heavy atom. The number of rotatable bonds is 6. The predicted molar refractivity (Wildman–Crippen MR) is 258 cm³/mol. The van der Waals surface area contributed by atoms with E-state index < -0.39 is 0 Å². The SMILES string of the molecule is c1ccc(-c2cc(-c3ccccc3)nc(-c3cc(-c4ccccc4)c(-n4c5ccccc5c5c6oc7cc8c(cc7c6ccc54)oc4ccccc48)c(-c4ccccc4)c3)n2)cc1. The van der Waals surface area contributed by atoms with Gasteiger partial charge in [-0.05, 0) is 65.7 Å². The largest absolute Gasteiger partial charge is 0.456 e. The number of hydrogen-bond donors (Lipinski definition) is 0. The van der Waals surface area contributed by atoms with Crippen LogP contribution in [0.5, 0.6) is 0 Å². The molecule has 0 bridgehead atoms. The van der Waals surface area contributed by atoms with E-state index in [4.69, 9.17) is 18.8 Å². The summed E-state index contributed by atoms with van der Waals surface area (Å²) in [6.07, 6.45) is 0. The summed E-state index contributed by atoms with van der Waals surface area (Å²) in [5, 5.41) is 6.38. The Bertz CT molecular complexity index is 3770. The molecule has 4 aromatic heterocycles. The molecule has 9 aromatic carbocycles. The van der Waals surface area contributed by atoms with Crippen LogP contribution in [0.15, 0.2) is 221 Å². The van der Waals surface area contributed by atoms with E-state index in [1.54, 1.807) is 0 Å². The molecule has 0 saturated carbocycles. The fourth-order valence-electron chi connectivity index (χ4n) is 9.51. The van der Waals surface area contributed by atoms with Crippen LogP contribution in [-0.2, 0) is 0 Å². The van der Waals surface area contributed by atoms with Crippen molar-refractivity contribution in [1.29, 1.82) is 0 Å². The predicted octanol–water partition coefficient (Wildman–Crippen LogP) is 15.7. The molecule has 0 fully saturated rings. The van der Waals surface area contributed by atoms with E-state index in [1.807, 2.05) is 24.3 Å². The van der Waals surface area contributed by atoms with E-state index in [2.05, 4.69) is 193 Å². The van der Waals surface area contributed by atoms with Gasteiger partial charge < -0.3 is 13.4 Å². The van der Waals surface area contributed by atoms with Crippen LogP contribution in [-0.4, -0.2) is 14.5 Å². The van der Waals surface area contributed by atoms with Gasteiger partial charge in [0.2, 0.25) is 0 Å². The van der Waals surface area contributed by atoms with Crippen LogP contribution in [0.25, 0.3) is 128 Å². The third kappa shape index (κ3) is 5.64. The van der Waals surface area contributed by atoms with E-state index in [1.165, 1.54) is 0 Å². The highest BCUT2D eigenvalue weighted by atomic mass is 16.3. The van der Waals surface area contributed by atoms with Gasteiger partial charge in [-0.2, -0.15) is 0 Å². The van der Waals surface area contributed by atoms with Crippen molar-refractivity contribution in [2.75, 3.05) is 0 Å². The summed E-state index contributed by atoms with van der Waals surface area (Å²) in [7, 11) is 0. The lowest BCUT2D eigenvalue weighted by atomic mass is 9.92. The Labute approximate surface area is 361 Å². The molecule has 0 aliphatic heterocycles. The highest BCUT2D eigenvalue weighted by molar-refractivity contribution is 6.25. The Balaban J connectivity index is 1.12. The van der Waals surface area contributed by atoms with Gasteiger partial charge in [-0.1, -0.05) is 158 Å². The first-order chi connectivity index (χ1) is 31.2. The number of fused-ring (bicyclic) bond motifs is 10. The molecule has 0 atom stereocenters. The second kappa shape index (κ2) is 14.0. The second-order valence-corrected chi connectivity index (χ2v) is 16.1. The van der Waals surface area contributed by atoms with E-state index in [-0.39, 0.29) is 0 Å². The van der Waals surface area contributed by atoms with Crippen molar-refractivity contribution in [2.45, 2.75) is 0 Å². The van der Waals surface area contributed by atoms with Crippen molar-refractivity contribution in [1.82, 2.24) is 14.5 Å². The van der Waals surface area contributed by atoms with Crippen molar-refractivity contribution < 1.29 is 8.83 Å². The summed E-state index contributed by atoms with van der Waals surface area (Å²) in [5.74, 6) is 0.654. The fourth-order valence-corrected chi connectivity index (χ4v) is 9.51. The quantitative estimate of drug-likeness (QED) is 0.168. The van der Waals surface area contributed by atoms with Crippen LogP contribution in [0.2, 0.25) is 0 Å². The maximum absolute atomic E-state index is 6.98. The van der Waals surface area contributed by atoms with Crippen LogP contribution in [0.4, 0.5) is 0 Å². The van der Waals surface area contributed by atoms with E-state index in [0.717, 1.165) is 122 Å². The van der Waals surface area contributed by atoms with Crippen molar-refractivity contribution >= 4 is 65.7 Å². The minimum Gasteiger partial charge on any atom is -0.456 e. The second-order valence-electron chi connectivity index (χ2n) is 16.1. The zero-order chi connectivity index (χ0) is 41.4. The molecular weight excluding hydrogens is 771 g/mol. The molecule has 0 unspecified atom stereocenters. The van der Waals surface area contributed by atoms with Crippen molar-refractivity contribution in [3.63, 3.8) is 0 Å². The van der Waals surface area contributed by atoms with Crippen LogP contribution in [0.1, 0.15) is 0 Å². The van der Waals surface area contributed by atoms with Crippen molar-refractivity contribution in [3.05, 3.63) is 212 Å². The maximum atomic E-state index is 6.98. The molecule has 0 aliphatic rings. The molecule has 0 spiro atoms. The smallest absolute Gasteiger partial charge is 0.160 e. The van der Waals surface area contributed by atoms with Gasteiger partial charge in [-0.15, -0.1) is 0 Å². The molecule has 0 aliphatic carbocycles. The minimum atomic E-state index is 0.654. The van der Waals surface area contributed by atoms with Gasteiger partial charge in [-0.25, -0.2) is 9.97 Å². The molecule has 5 nitrogen and oxygen atoms in total. The third-order valence-corrected chi connectivity index (χ3v) is 12.4. The highest BCUT2D eigenvalue weighted by Gasteiger charge is 2.25. The van der Waals surface area contributed by atoms with Gasteiger partial charge in [0, 0.05) is 54.7 Å². The average Bonchev–Trinajstić information content (AvgIpc) is 4.02. The molecular formula is C58H35N3O2. The maximum Gasteiger partial charge on any atom is 0.160 e. The summed E-state index contributed by atoms with van der Waals surface area (Å²) in [6, 6.07) is 74.3. The normalized spacial score (nSPS) is 11.8. The molecule has 0 amide bonds. The van der Waals surface area contributed by atoms with E-state index in [0.29, 0.717) is 5.82 Å². The summed E-state index contributed by atoms with van der Waals surface area (Å²) >= 11 is 0. The Hall–Kier alpha value is -8.54. The Kier molecular flexibility index (Phi) is 7.84. The van der Waals surface area contributed by atoms with Gasteiger partial charge in [0.1, 0.15) is 22.3 Å². The van der Waals surface area contributed by atoms with Gasteiger partial charge in [0.05, 0.1) is 33.5 Å². The summed E-state index contributed by atoms with van der Waals surface area (Å²) in [5.41, 5.74) is 15.6. The van der Waals surface area contributed by atoms with Crippen molar-refractivity contribution in [3.8, 4) is 61.8 Å². The first-order valence-electron chi connectivity index (χ1n) is 21.2. The van der Waals surface area contributed by atoms with Crippen LogP contribution < -0.4 is 0 Å². The zero-order valence-corrected chi connectivity index (χ0v) is 33.9. The van der Waals surface area contributed by atoms with E-state index >= 15 is 0 Å². The molecule has 63 heavy (non-hydrogen) atoms. The van der Waals surface area contributed by atoms with Crippen molar-refractivity contribution in [2.24, 2.45) is 0 Å². The first kappa shape index (κ1) is 35.2. The molecule has 13 aromatic rings. The number of benzene rings is 9. The Morgan fingerprint density at radius 2 is 0.841 bits per heavy atom. The average molecular weight is 806 g/mol. The number of para-hydroxylation sites is 2. The van der Waals surface area contributed by atoms with Gasteiger partial charge in [-0.3, -0.25) is 0 Å². The lowest BCUT2D eigenvalue weighted by molar-refractivity contribution is 0.665. The minimum absolute atomic E-state index is 0.654. The summed E-state index contributed by atoms with van der Waals surface area (Å²) in [6.45, 7) is 0. The molecule has 5 heteroatoms. The first-order valence-corrected chi connectivity index (χ1v) is 21.2. The monoisotopic (exact) mass is 805 g/mol. The highest BCUT2D eigenvalue weighted by Crippen LogP contribution is 2.47. The number of nitrogens with zero attached hydrogens (tertiary/aromatic N) is 3. The zero-order valence-electron chi connectivity index (χ0n) is 33.9. The number of hydrogen-bond acceptors (Lipinski definition) is 4. The molecule has 0 saturated heterocycles. The topological polar surface area (TPSA) is 57.0 Å². The molecule has 294 valence electrons. The lowest BCUT2D eigenvalue weighted by Crippen LogP contribution is -2.03. The van der Waals surface area contributed by atoms with Gasteiger partial charge >= 0.3 is 0 Å². The third-order valence-electron chi connectivity index (χ3n) is 12.4. The molecule has 0 N–H and O–H groups in total. The summed E-state index contributed by atoms with van der Waals surface area (Å²) < 4.78 is 15.8. The summed E-state index contributed by atoms with van der Waals surface area (Å²) in [4.78, 5) is 10.6. The standard InChI is InChI=1S/C58H35N3O2/c1-5-17-36(18-6-1)44-31-40(58-59-48(38-21-9-3-10-22-38)35-49(60-58)39-23-11-4-12-24-39)32-45(37-19-7-2-8-20-37)56(44)61-50-27-15-13-26-43(50)55-51(61)30-29-42-47-34-53-46(33-54(47)63-57(42)55)41-25-14-16-28-52(41)62-53/h1-35H. The molecule has 13 rings (SSSR count). The van der Waals surface area contributed by atoms with Crippen LogP contribution >= 0.6 is 0 Å². The number of aromatic nitrogens is 3. The Morgan fingerprint density at radius 1 is 0.333 bits per heavy atom. The number of furan rings is 2. The molecule has 0 radical (unpaired) electrons.